The van der Waals surface area contributed by atoms with Crippen molar-refractivity contribution in [2.24, 2.45) is 0 Å². The minimum atomic E-state index is -1.61. The first-order chi connectivity index (χ1) is 9.92. The molecule has 0 aliphatic heterocycles. The van der Waals surface area contributed by atoms with Crippen molar-refractivity contribution in [1.82, 2.24) is 0 Å². The van der Waals surface area contributed by atoms with E-state index in [-0.39, 0.29) is 5.56 Å². The summed E-state index contributed by atoms with van der Waals surface area (Å²) in [6, 6.07) is 6.20. The van der Waals surface area contributed by atoms with Crippen molar-refractivity contribution < 1.29 is 18.0 Å². The number of aryl methyl sites for hydroxylation is 1. The zero-order valence-electron chi connectivity index (χ0n) is 11.2. The third kappa shape index (κ3) is 3.16. The predicted molar refractivity (Wildman–Crippen MR) is 74.5 cm³/mol. The Hall–Kier alpha value is -2.50. The lowest BCUT2D eigenvalue weighted by Gasteiger charge is -2.09. The number of hydrogen-bond donors (Lipinski definition) is 2. The van der Waals surface area contributed by atoms with E-state index in [9.17, 15) is 18.0 Å². The molecule has 0 spiro atoms. The highest BCUT2D eigenvalue weighted by Gasteiger charge is 2.15. The van der Waals surface area contributed by atoms with Gasteiger partial charge in [-0.05, 0) is 36.2 Å². The molecule has 2 aromatic rings. The first-order valence-corrected chi connectivity index (χ1v) is 6.26. The van der Waals surface area contributed by atoms with Crippen LogP contribution in [0.15, 0.2) is 30.3 Å². The molecule has 0 atom stereocenters. The van der Waals surface area contributed by atoms with Crippen LogP contribution in [0.1, 0.15) is 22.8 Å². The van der Waals surface area contributed by atoms with E-state index in [0.717, 1.165) is 12.0 Å². The highest BCUT2D eigenvalue weighted by atomic mass is 19.2. The van der Waals surface area contributed by atoms with E-state index in [0.29, 0.717) is 23.5 Å². The average Bonchev–Trinajstić information content (AvgIpc) is 2.44. The topological polar surface area (TPSA) is 55.1 Å². The number of rotatable bonds is 3. The van der Waals surface area contributed by atoms with Crippen molar-refractivity contribution in [3.05, 3.63) is 58.9 Å². The van der Waals surface area contributed by atoms with Crippen molar-refractivity contribution in [3.63, 3.8) is 0 Å². The number of nitrogen functional groups attached to an aromatic ring is 1. The molecule has 0 aliphatic carbocycles. The van der Waals surface area contributed by atoms with E-state index in [1.807, 2.05) is 6.92 Å². The van der Waals surface area contributed by atoms with Crippen LogP contribution < -0.4 is 11.1 Å². The van der Waals surface area contributed by atoms with E-state index in [1.54, 1.807) is 18.2 Å². The van der Waals surface area contributed by atoms with Crippen LogP contribution in [0, 0.1) is 17.5 Å². The molecular weight excluding hydrogens is 281 g/mol. The first kappa shape index (κ1) is 14.9. The summed E-state index contributed by atoms with van der Waals surface area (Å²) in [6.07, 6.45) is 0.744. The van der Waals surface area contributed by atoms with Gasteiger partial charge in [-0.15, -0.1) is 0 Å². The number of nitrogens with one attached hydrogen (secondary N) is 1. The van der Waals surface area contributed by atoms with E-state index in [4.69, 9.17) is 5.73 Å². The molecule has 0 radical (unpaired) electrons. The molecule has 110 valence electrons. The molecule has 21 heavy (non-hydrogen) atoms. The summed E-state index contributed by atoms with van der Waals surface area (Å²) in [6.45, 7) is 1.94. The van der Waals surface area contributed by atoms with E-state index < -0.39 is 23.4 Å². The molecular formula is C15H13F3N2O. The van der Waals surface area contributed by atoms with E-state index >= 15 is 0 Å². The smallest absolute Gasteiger partial charge is 0.255 e. The van der Waals surface area contributed by atoms with Gasteiger partial charge in [0.1, 0.15) is 0 Å². The maximum absolute atomic E-state index is 13.1. The standard InChI is InChI=1S/C15H13F3N2O/c1-2-8-3-4-10(7-13(8)19)20-15(21)9-5-11(16)14(18)12(17)6-9/h3-7H,2,19H2,1H3,(H,20,21). The summed E-state index contributed by atoms with van der Waals surface area (Å²) in [7, 11) is 0. The molecule has 0 unspecified atom stereocenters. The molecule has 3 nitrogen and oxygen atoms in total. The maximum Gasteiger partial charge on any atom is 0.255 e. The van der Waals surface area contributed by atoms with Crippen molar-refractivity contribution >= 4 is 17.3 Å². The van der Waals surface area contributed by atoms with E-state index in [2.05, 4.69) is 5.32 Å². The Labute approximate surface area is 119 Å². The van der Waals surface area contributed by atoms with Crippen LogP contribution in [-0.2, 0) is 6.42 Å². The second kappa shape index (κ2) is 5.87. The van der Waals surface area contributed by atoms with Gasteiger partial charge in [0.2, 0.25) is 0 Å². The average molecular weight is 294 g/mol. The van der Waals surface area contributed by atoms with Gasteiger partial charge >= 0.3 is 0 Å². The summed E-state index contributed by atoms with van der Waals surface area (Å²) in [4.78, 5) is 11.9. The Kier molecular flexibility index (Phi) is 4.16. The van der Waals surface area contributed by atoms with E-state index in [1.165, 1.54) is 0 Å². The van der Waals surface area contributed by atoms with Crippen LogP contribution in [-0.4, -0.2) is 5.91 Å². The molecule has 2 aromatic carbocycles. The molecule has 0 bridgehead atoms. The minimum absolute atomic E-state index is 0.315. The van der Waals surface area contributed by atoms with Gasteiger partial charge in [-0.2, -0.15) is 0 Å². The van der Waals surface area contributed by atoms with Crippen LogP contribution >= 0.6 is 0 Å². The number of halogens is 3. The van der Waals surface area contributed by atoms with Gasteiger partial charge in [0.15, 0.2) is 17.5 Å². The van der Waals surface area contributed by atoms with Gasteiger partial charge < -0.3 is 11.1 Å². The molecule has 3 N–H and O–H groups in total. The third-order valence-corrected chi connectivity index (χ3v) is 3.03. The van der Waals surface area contributed by atoms with Gasteiger partial charge in [-0.3, -0.25) is 4.79 Å². The van der Waals surface area contributed by atoms with Crippen molar-refractivity contribution in [1.29, 1.82) is 0 Å². The minimum Gasteiger partial charge on any atom is -0.398 e. The number of nitrogens with two attached hydrogens (primary N) is 1. The van der Waals surface area contributed by atoms with Crippen LogP contribution in [0.5, 0.6) is 0 Å². The van der Waals surface area contributed by atoms with Gasteiger partial charge in [0.25, 0.3) is 5.91 Å². The molecule has 0 saturated carbocycles. The predicted octanol–water partition coefficient (Wildman–Crippen LogP) is 3.50. The summed E-state index contributed by atoms with van der Waals surface area (Å²) < 4.78 is 39.0. The number of anilines is 2. The molecule has 0 saturated heterocycles. The van der Waals surface area contributed by atoms with Crippen LogP contribution in [0.2, 0.25) is 0 Å². The van der Waals surface area contributed by atoms with Crippen molar-refractivity contribution in [3.8, 4) is 0 Å². The second-order valence-electron chi connectivity index (χ2n) is 4.48. The van der Waals surface area contributed by atoms with Gasteiger partial charge in [0, 0.05) is 16.9 Å². The van der Waals surface area contributed by atoms with Gasteiger partial charge in [0.05, 0.1) is 0 Å². The Bertz CT molecular complexity index is 678. The normalized spacial score (nSPS) is 10.5. The summed E-state index contributed by atoms with van der Waals surface area (Å²) in [5.41, 5.74) is 7.30. The highest BCUT2D eigenvalue weighted by Crippen LogP contribution is 2.20. The zero-order valence-corrected chi connectivity index (χ0v) is 11.2. The Morgan fingerprint density at radius 2 is 1.76 bits per heavy atom. The summed E-state index contributed by atoms with van der Waals surface area (Å²) >= 11 is 0. The number of carbonyl (C=O) groups excluding carboxylic acids is 1. The van der Waals surface area contributed by atoms with Crippen LogP contribution in [0.3, 0.4) is 0 Å². The molecule has 6 heteroatoms. The van der Waals surface area contributed by atoms with Crippen LogP contribution in [0.25, 0.3) is 0 Å². The van der Waals surface area contributed by atoms with Crippen molar-refractivity contribution in [2.75, 3.05) is 11.1 Å². The van der Waals surface area contributed by atoms with Crippen LogP contribution in [0.4, 0.5) is 24.5 Å². The highest BCUT2D eigenvalue weighted by molar-refractivity contribution is 6.04. The Morgan fingerprint density at radius 3 is 2.29 bits per heavy atom. The first-order valence-electron chi connectivity index (χ1n) is 6.26. The largest absolute Gasteiger partial charge is 0.398 e. The summed E-state index contributed by atoms with van der Waals surface area (Å²) in [5.74, 6) is -5.19. The fourth-order valence-electron chi connectivity index (χ4n) is 1.88. The third-order valence-electron chi connectivity index (χ3n) is 3.03. The Morgan fingerprint density at radius 1 is 1.14 bits per heavy atom. The van der Waals surface area contributed by atoms with Crippen molar-refractivity contribution in [2.45, 2.75) is 13.3 Å². The number of amides is 1. The molecule has 2 rings (SSSR count). The molecule has 1 amide bonds. The fraction of sp³-hybridized carbons (Fsp3) is 0.133. The monoisotopic (exact) mass is 294 g/mol. The molecule has 0 fully saturated rings. The Balaban J connectivity index is 2.24. The number of hydrogen-bond acceptors (Lipinski definition) is 2. The fourth-order valence-corrected chi connectivity index (χ4v) is 1.88. The maximum atomic E-state index is 13.1. The number of carbonyl (C=O) groups is 1. The second-order valence-corrected chi connectivity index (χ2v) is 4.48. The quantitative estimate of drug-likeness (QED) is 0.672. The molecule has 0 aliphatic rings. The lowest BCUT2D eigenvalue weighted by Crippen LogP contribution is -2.13. The van der Waals surface area contributed by atoms with Gasteiger partial charge in [-0.25, -0.2) is 13.2 Å². The molecule has 0 heterocycles. The SMILES string of the molecule is CCc1ccc(NC(=O)c2cc(F)c(F)c(F)c2)cc1N. The van der Waals surface area contributed by atoms with Gasteiger partial charge in [-0.1, -0.05) is 13.0 Å². The summed E-state index contributed by atoms with van der Waals surface area (Å²) in [5, 5.41) is 2.45. The lowest BCUT2D eigenvalue weighted by molar-refractivity contribution is 0.102. The number of benzene rings is 2. The zero-order chi connectivity index (χ0) is 15.6. The molecule has 0 aromatic heterocycles. The lowest BCUT2D eigenvalue weighted by atomic mass is 10.1.